The summed E-state index contributed by atoms with van der Waals surface area (Å²) < 4.78 is 0. The Bertz CT molecular complexity index is 846. The number of carbonyl (C=O) groups is 1. The molecule has 142 valence electrons. The van der Waals surface area contributed by atoms with Crippen LogP contribution >= 0.6 is 11.6 Å². The van der Waals surface area contributed by atoms with Gasteiger partial charge in [-0.25, -0.2) is 9.97 Å². The van der Waals surface area contributed by atoms with Crippen molar-refractivity contribution in [2.75, 3.05) is 24.5 Å². The lowest BCUT2D eigenvalue weighted by atomic mass is 10.0. The zero-order valence-corrected chi connectivity index (χ0v) is 16.0. The lowest BCUT2D eigenvalue weighted by molar-refractivity contribution is 0.0353. The molecule has 0 radical (unpaired) electrons. The topological polar surface area (TPSA) is 78.3 Å². The Hall–Kier alpha value is -2.18. The number of aromatic nitrogens is 2. The summed E-state index contributed by atoms with van der Waals surface area (Å²) in [5.41, 5.74) is 0.914. The van der Waals surface area contributed by atoms with E-state index < -0.39 is 5.60 Å². The number of amides is 1. The summed E-state index contributed by atoms with van der Waals surface area (Å²) in [6.45, 7) is 3.85. The highest BCUT2D eigenvalue weighted by atomic mass is 35.5. The molecule has 4 rings (SSSR count). The minimum absolute atomic E-state index is 0.211. The van der Waals surface area contributed by atoms with Crippen molar-refractivity contribution in [2.45, 2.75) is 31.8 Å². The number of nitrogens with one attached hydrogen (secondary N) is 1. The lowest BCUT2D eigenvalue weighted by Gasteiger charge is -2.33. The number of hydrogen-bond donors (Lipinski definition) is 2. The van der Waals surface area contributed by atoms with E-state index in [1.807, 2.05) is 12.1 Å². The van der Waals surface area contributed by atoms with Gasteiger partial charge in [0, 0.05) is 30.2 Å². The Morgan fingerprint density at radius 1 is 1.33 bits per heavy atom. The van der Waals surface area contributed by atoms with Crippen molar-refractivity contribution in [3.8, 4) is 11.3 Å². The molecule has 2 aromatic rings. The maximum absolute atomic E-state index is 12.6. The monoisotopic (exact) mass is 386 g/mol. The maximum Gasteiger partial charge on any atom is 0.271 e. The highest BCUT2D eigenvalue weighted by Gasteiger charge is 2.40. The zero-order chi connectivity index (χ0) is 19.0. The Balaban J connectivity index is 1.58. The predicted molar refractivity (Wildman–Crippen MR) is 105 cm³/mol. The molecule has 1 saturated carbocycles. The van der Waals surface area contributed by atoms with Gasteiger partial charge < -0.3 is 15.3 Å². The number of nitrogens with zero attached hydrogens (tertiary/aromatic N) is 3. The number of anilines is 1. The van der Waals surface area contributed by atoms with Gasteiger partial charge in [-0.1, -0.05) is 23.7 Å². The molecule has 1 amide bonds. The van der Waals surface area contributed by atoms with Gasteiger partial charge in [0.25, 0.3) is 5.91 Å². The van der Waals surface area contributed by atoms with Crippen LogP contribution in [0.25, 0.3) is 11.3 Å². The summed E-state index contributed by atoms with van der Waals surface area (Å²) in [5.74, 6) is 0.723. The second-order valence-electron chi connectivity index (χ2n) is 7.59. The molecule has 7 heteroatoms. The third-order valence-electron chi connectivity index (χ3n) is 5.32. The van der Waals surface area contributed by atoms with Gasteiger partial charge in [0.15, 0.2) is 5.82 Å². The van der Waals surface area contributed by atoms with E-state index >= 15 is 0 Å². The van der Waals surface area contributed by atoms with Crippen LogP contribution in [0.4, 0.5) is 5.82 Å². The molecule has 2 fully saturated rings. The van der Waals surface area contributed by atoms with Gasteiger partial charge in [-0.05, 0) is 44.2 Å². The van der Waals surface area contributed by atoms with Crippen molar-refractivity contribution in [3.05, 3.63) is 41.2 Å². The zero-order valence-electron chi connectivity index (χ0n) is 15.3. The van der Waals surface area contributed by atoms with Crippen LogP contribution in [0.2, 0.25) is 5.02 Å². The van der Waals surface area contributed by atoms with E-state index in [-0.39, 0.29) is 24.1 Å². The largest absolute Gasteiger partial charge is 0.388 e. The minimum atomic E-state index is -0.875. The molecular weight excluding hydrogens is 364 g/mol. The Kier molecular flexibility index (Phi) is 4.78. The SMILES string of the molecule is C[C@](O)(CNC(=O)c1cnc(N2CCC2)c(-c2ccc(Cl)cc2)n1)C1CC1. The van der Waals surface area contributed by atoms with E-state index in [2.05, 4.69) is 20.2 Å². The van der Waals surface area contributed by atoms with Crippen molar-refractivity contribution >= 4 is 23.3 Å². The first-order valence-electron chi connectivity index (χ1n) is 9.32. The maximum atomic E-state index is 12.6. The quantitative estimate of drug-likeness (QED) is 0.798. The van der Waals surface area contributed by atoms with Gasteiger partial charge >= 0.3 is 0 Å². The van der Waals surface area contributed by atoms with Crippen LogP contribution in [-0.4, -0.2) is 46.2 Å². The third kappa shape index (κ3) is 3.92. The molecule has 1 aliphatic carbocycles. The van der Waals surface area contributed by atoms with Crippen LogP contribution < -0.4 is 10.2 Å². The van der Waals surface area contributed by atoms with Crippen LogP contribution in [0, 0.1) is 5.92 Å². The number of carbonyl (C=O) groups excluding carboxylic acids is 1. The van der Waals surface area contributed by atoms with Gasteiger partial charge in [0.2, 0.25) is 0 Å². The Morgan fingerprint density at radius 3 is 2.63 bits per heavy atom. The Morgan fingerprint density at radius 2 is 2.04 bits per heavy atom. The smallest absolute Gasteiger partial charge is 0.271 e. The molecule has 1 aliphatic heterocycles. The van der Waals surface area contributed by atoms with Crippen molar-refractivity contribution in [1.29, 1.82) is 0 Å². The number of rotatable bonds is 6. The molecule has 27 heavy (non-hydrogen) atoms. The fourth-order valence-corrected chi connectivity index (χ4v) is 3.38. The van der Waals surface area contributed by atoms with E-state index in [1.54, 1.807) is 19.1 Å². The first-order valence-corrected chi connectivity index (χ1v) is 9.70. The minimum Gasteiger partial charge on any atom is -0.388 e. The average molecular weight is 387 g/mol. The molecule has 2 aliphatic rings. The van der Waals surface area contributed by atoms with Crippen molar-refractivity contribution in [1.82, 2.24) is 15.3 Å². The Labute approximate surface area is 163 Å². The van der Waals surface area contributed by atoms with Gasteiger partial charge in [0.1, 0.15) is 11.4 Å². The van der Waals surface area contributed by atoms with Crippen LogP contribution in [0.3, 0.4) is 0 Å². The molecular formula is C20H23ClN4O2. The van der Waals surface area contributed by atoms with Crippen molar-refractivity contribution in [3.63, 3.8) is 0 Å². The van der Waals surface area contributed by atoms with Crippen LogP contribution in [0.5, 0.6) is 0 Å². The highest BCUT2D eigenvalue weighted by molar-refractivity contribution is 6.30. The molecule has 0 bridgehead atoms. The molecule has 2 N–H and O–H groups in total. The average Bonchev–Trinajstić information content (AvgIpc) is 3.45. The molecule has 1 atom stereocenters. The second kappa shape index (κ2) is 7.09. The normalized spacial score (nSPS) is 18.6. The lowest BCUT2D eigenvalue weighted by Crippen LogP contribution is -2.42. The van der Waals surface area contributed by atoms with Crippen LogP contribution in [0.15, 0.2) is 30.5 Å². The standard InChI is InChI=1S/C20H23ClN4O2/c1-20(27,14-5-6-14)12-23-19(26)16-11-22-18(25-9-2-10-25)17(24-16)13-3-7-15(21)8-4-13/h3-4,7-8,11,14,27H,2,5-6,9-10,12H2,1H3,(H,23,26)/t20-/m0/s1. The molecule has 0 spiro atoms. The van der Waals surface area contributed by atoms with Gasteiger partial charge in [-0.2, -0.15) is 0 Å². The molecule has 1 saturated heterocycles. The molecule has 0 unspecified atom stereocenters. The summed E-state index contributed by atoms with van der Waals surface area (Å²) in [5, 5.41) is 13.8. The van der Waals surface area contributed by atoms with Crippen LogP contribution in [-0.2, 0) is 0 Å². The van der Waals surface area contributed by atoms with E-state index in [0.717, 1.165) is 43.7 Å². The summed E-state index contributed by atoms with van der Waals surface area (Å²) in [6, 6.07) is 7.38. The molecule has 1 aromatic heterocycles. The van der Waals surface area contributed by atoms with Crippen molar-refractivity contribution < 1.29 is 9.90 Å². The fraction of sp³-hybridized carbons (Fsp3) is 0.450. The van der Waals surface area contributed by atoms with E-state index in [1.165, 1.54) is 6.20 Å². The highest BCUT2D eigenvalue weighted by Crippen LogP contribution is 2.39. The summed E-state index contributed by atoms with van der Waals surface area (Å²) in [6.07, 6.45) is 4.65. The van der Waals surface area contributed by atoms with Crippen LogP contribution in [0.1, 0.15) is 36.7 Å². The first-order chi connectivity index (χ1) is 12.9. The van der Waals surface area contributed by atoms with Gasteiger partial charge in [-0.15, -0.1) is 0 Å². The third-order valence-corrected chi connectivity index (χ3v) is 5.57. The molecule has 1 aromatic carbocycles. The summed E-state index contributed by atoms with van der Waals surface area (Å²) in [7, 11) is 0. The summed E-state index contributed by atoms with van der Waals surface area (Å²) >= 11 is 6.00. The van der Waals surface area contributed by atoms with E-state index in [0.29, 0.717) is 10.7 Å². The van der Waals surface area contributed by atoms with Crippen molar-refractivity contribution in [2.24, 2.45) is 5.92 Å². The molecule has 6 nitrogen and oxygen atoms in total. The van der Waals surface area contributed by atoms with Gasteiger partial charge in [-0.3, -0.25) is 4.79 Å². The second-order valence-corrected chi connectivity index (χ2v) is 8.03. The van der Waals surface area contributed by atoms with E-state index in [9.17, 15) is 9.90 Å². The number of halogens is 1. The van der Waals surface area contributed by atoms with E-state index in [4.69, 9.17) is 11.6 Å². The predicted octanol–water partition coefficient (Wildman–Crippen LogP) is 2.90. The fourth-order valence-electron chi connectivity index (χ4n) is 3.25. The molecule has 2 heterocycles. The first kappa shape index (κ1) is 18.2. The number of aliphatic hydroxyl groups is 1. The number of benzene rings is 1. The number of hydrogen-bond acceptors (Lipinski definition) is 5. The summed E-state index contributed by atoms with van der Waals surface area (Å²) in [4.78, 5) is 23.8. The van der Waals surface area contributed by atoms with Gasteiger partial charge in [0.05, 0.1) is 11.8 Å².